The van der Waals surface area contributed by atoms with E-state index in [4.69, 9.17) is 5.11 Å². The van der Waals surface area contributed by atoms with E-state index in [-0.39, 0.29) is 12.4 Å². The number of aliphatic hydroxyl groups excluding tert-OH is 1. The summed E-state index contributed by atoms with van der Waals surface area (Å²) in [5.41, 5.74) is 3.46. The van der Waals surface area contributed by atoms with Gasteiger partial charge in [-0.15, -0.1) is 10.2 Å². The fourth-order valence-corrected chi connectivity index (χ4v) is 3.39. The molecule has 1 aliphatic rings. The van der Waals surface area contributed by atoms with Gasteiger partial charge < -0.3 is 9.67 Å². The molecule has 6 heteroatoms. The molecule has 3 rings (SSSR count). The van der Waals surface area contributed by atoms with Crippen molar-refractivity contribution < 1.29 is 9.90 Å². The van der Waals surface area contributed by atoms with Gasteiger partial charge in [0.25, 0.3) is 0 Å². The van der Waals surface area contributed by atoms with Gasteiger partial charge in [0.05, 0.1) is 5.75 Å². The van der Waals surface area contributed by atoms with Crippen LogP contribution in [0.3, 0.4) is 0 Å². The molecule has 1 N–H and O–H groups in total. The molecule has 0 unspecified atom stereocenters. The van der Waals surface area contributed by atoms with Gasteiger partial charge in [-0.25, -0.2) is 0 Å². The number of carbonyl (C=O) groups is 1. The lowest BCUT2D eigenvalue weighted by Crippen LogP contribution is -2.05. The molecule has 0 amide bonds. The molecule has 0 atom stereocenters. The topological polar surface area (TPSA) is 68.0 Å². The average Bonchev–Trinajstić information content (AvgIpc) is 3.10. The van der Waals surface area contributed by atoms with Crippen molar-refractivity contribution in [2.45, 2.75) is 31.0 Å². The number of hydrogen-bond acceptors (Lipinski definition) is 5. The zero-order valence-electron chi connectivity index (χ0n) is 11.9. The quantitative estimate of drug-likeness (QED) is 0.673. The second-order valence-corrected chi connectivity index (χ2v) is 6.11. The number of Topliss-reactive ketones (excluding diaryl/α,β-unsaturated/α-hetero) is 1. The van der Waals surface area contributed by atoms with Crippen LogP contribution >= 0.6 is 11.8 Å². The summed E-state index contributed by atoms with van der Waals surface area (Å²) in [7, 11) is 1.79. The summed E-state index contributed by atoms with van der Waals surface area (Å²) >= 11 is 1.35. The summed E-state index contributed by atoms with van der Waals surface area (Å²) in [6, 6.07) is 6.02. The molecule has 0 saturated carbocycles. The molecule has 1 aromatic heterocycles. The van der Waals surface area contributed by atoms with Crippen LogP contribution in [-0.4, -0.2) is 31.4 Å². The standard InChI is InChI=1S/C15H17N3O2S/c1-18-14(8-19)16-17-15(18)21-9-13(20)12-6-5-10-3-2-4-11(10)7-12/h5-7,19H,2-4,8-9H2,1H3. The summed E-state index contributed by atoms with van der Waals surface area (Å²) in [4.78, 5) is 12.3. The molecule has 1 heterocycles. The van der Waals surface area contributed by atoms with Crippen molar-refractivity contribution in [2.75, 3.05) is 5.75 Å². The highest BCUT2D eigenvalue weighted by Crippen LogP contribution is 2.24. The number of carbonyl (C=O) groups excluding carboxylic acids is 1. The van der Waals surface area contributed by atoms with Crippen LogP contribution in [0.2, 0.25) is 0 Å². The number of ketones is 1. The molecule has 0 aliphatic heterocycles. The van der Waals surface area contributed by atoms with Gasteiger partial charge in [-0.2, -0.15) is 0 Å². The molecule has 1 aromatic carbocycles. The zero-order chi connectivity index (χ0) is 14.8. The van der Waals surface area contributed by atoms with Crippen molar-refractivity contribution in [3.63, 3.8) is 0 Å². The minimum absolute atomic E-state index is 0.100. The fourth-order valence-electron chi connectivity index (χ4n) is 2.57. The number of rotatable bonds is 5. The Kier molecular flexibility index (Phi) is 4.07. The smallest absolute Gasteiger partial charge is 0.191 e. The van der Waals surface area contributed by atoms with Crippen molar-refractivity contribution in [2.24, 2.45) is 7.05 Å². The summed E-state index contributed by atoms with van der Waals surface area (Å²) in [6.45, 7) is -0.150. The summed E-state index contributed by atoms with van der Waals surface area (Å²) in [5.74, 6) is 0.932. The van der Waals surface area contributed by atoms with Gasteiger partial charge in [0.15, 0.2) is 16.8 Å². The SMILES string of the molecule is Cn1c(CO)nnc1SCC(=O)c1ccc2c(c1)CCC2. The number of aryl methyl sites for hydroxylation is 2. The normalized spacial score (nSPS) is 13.4. The number of nitrogens with zero attached hydrogens (tertiary/aromatic N) is 3. The van der Waals surface area contributed by atoms with Crippen LogP contribution in [0.15, 0.2) is 23.4 Å². The van der Waals surface area contributed by atoms with Crippen molar-refractivity contribution in [3.05, 3.63) is 40.7 Å². The minimum atomic E-state index is -0.150. The molecule has 0 bridgehead atoms. The molecular weight excluding hydrogens is 286 g/mol. The Morgan fingerprint density at radius 2 is 2.14 bits per heavy atom. The van der Waals surface area contributed by atoms with Gasteiger partial charge in [-0.3, -0.25) is 4.79 Å². The number of hydrogen-bond donors (Lipinski definition) is 1. The highest BCUT2D eigenvalue weighted by Gasteiger charge is 2.15. The lowest BCUT2D eigenvalue weighted by Gasteiger charge is -2.05. The van der Waals surface area contributed by atoms with Gasteiger partial charge in [0.1, 0.15) is 6.61 Å². The van der Waals surface area contributed by atoms with Gasteiger partial charge in [-0.05, 0) is 36.5 Å². The van der Waals surface area contributed by atoms with Gasteiger partial charge in [0, 0.05) is 12.6 Å². The molecule has 2 aromatic rings. The van der Waals surface area contributed by atoms with Crippen LogP contribution in [0.25, 0.3) is 0 Å². The predicted octanol–water partition coefficient (Wildman–Crippen LogP) is 1.77. The first-order valence-electron chi connectivity index (χ1n) is 6.96. The maximum Gasteiger partial charge on any atom is 0.191 e. The van der Waals surface area contributed by atoms with Crippen LogP contribution in [0, 0.1) is 0 Å². The lowest BCUT2D eigenvalue weighted by molar-refractivity contribution is 0.102. The Labute approximate surface area is 127 Å². The maximum absolute atomic E-state index is 12.3. The number of fused-ring (bicyclic) bond motifs is 1. The first kappa shape index (κ1) is 14.3. The molecule has 21 heavy (non-hydrogen) atoms. The summed E-state index contributed by atoms with van der Waals surface area (Å²) in [5, 5.41) is 17.6. The Morgan fingerprint density at radius 3 is 2.90 bits per heavy atom. The summed E-state index contributed by atoms with van der Waals surface area (Å²) in [6.07, 6.45) is 3.39. The van der Waals surface area contributed by atoms with Crippen molar-refractivity contribution in [1.29, 1.82) is 0 Å². The number of thioether (sulfide) groups is 1. The predicted molar refractivity (Wildman–Crippen MR) is 80.4 cm³/mol. The van der Waals surface area contributed by atoms with Crippen molar-refractivity contribution in [1.82, 2.24) is 14.8 Å². The number of aromatic nitrogens is 3. The third-order valence-corrected chi connectivity index (χ3v) is 4.84. The van der Waals surface area contributed by atoms with E-state index in [1.54, 1.807) is 11.6 Å². The molecule has 1 aliphatic carbocycles. The van der Waals surface area contributed by atoms with E-state index < -0.39 is 0 Å². The van der Waals surface area contributed by atoms with Gasteiger partial charge in [0.2, 0.25) is 0 Å². The fraction of sp³-hybridized carbons (Fsp3) is 0.400. The van der Waals surface area contributed by atoms with Crippen LogP contribution in [-0.2, 0) is 26.5 Å². The van der Waals surface area contributed by atoms with Crippen LogP contribution in [0.4, 0.5) is 0 Å². The van der Waals surface area contributed by atoms with E-state index >= 15 is 0 Å². The van der Waals surface area contributed by atoms with Gasteiger partial charge >= 0.3 is 0 Å². The molecule has 0 spiro atoms. The molecule has 0 radical (unpaired) electrons. The third kappa shape index (κ3) is 2.87. The first-order chi connectivity index (χ1) is 10.2. The second-order valence-electron chi connectivity index (χ2n) is 5.16. The monoisotopic (exact) mass is 303 g/mol. The first-order valence-corrected chi connectivity index (χ1v) is 7.94. The molecule has 0 saturated heterocycles. The van der Waals surface area contributed by atoms with Crippen LogP contribution < -0.4 is 0 Å². The summed E-state index contributed by atoms with van der Waals surface area (Å²) < 4.78 is 1.71. The molecule has 0 fully saturated rings. The van der Waals surface area contributed by atoms with Crippen LogP contribution in [0.1, 0.15) is 33.7 Å². The highest BCUT2D eigenvalue weighted by molar-refractivity contribution is 7.99. The molecule has 110 valence electrons. The maximum atomic E-state index is 12.3. The Morgan fingerprint density at radius 1 is 1.33 bits per heavy atom. The lowest BCUT2D eigenvalue weighted by atomic mass is 10.0. The zero-order valence-corrected chi connectivity index (χ0v) is 12.7. The molecule has 5 nitrogen and oxygen atoms in total. The van der Waals surface area contributed by atoms with E-state index in [0.29, 0.717) is 16.7 Å². The van der Waals surface area contributed by atoms with Crippen molar-refractivity contribution in [3.8, 4) is 0 Å². The van der Waals surface area contributed by atoms with E-state index in [1.807, 2.05) is 12.1 Å². The van der Waals surface area contributed by atoms with E-state index in [2.05, 4.69) is 16.3 Å². The Balaban J connectivity index is 1.67. The second kappa shape index (κ2) is 5.99. The Bertz CT molecular complexity index is 682. The van der Waals surface area contributed by atoms with Crippen LogP contribution in [0.5, 0.6) is 0 Å². The largest absolute Gasteiger partial charge is 0.388 e. The van der Waals surface area contributed by atoms with Crippen molar-refractivity contribution >= 4 is 17.5 Å². The van der Waals surface area contributed by atoms with E-state index in [0.717, 1.165) is 18.4 Å². The third-order valence-electron chi connectivity index (χ3n) is 3.82. The van der Waals surface area contributed by atoms with Gasteiger partial charge in [-0.1, -0.05) is 23.9 Å². The van der Waals surface area contributed by atoms with E-state index in [1.165, 1.54) is 29.3 Å². The Hall–Kier alpha value is -1.66. The number of benzene rings is 1. The number of aliphatic hydroxyl groups is 1. The van der Waals surface area contributed by atoms with E-state index in [9.17, 15) is 4.79 Å². The average molecular weight is 303 g/mol. The highest BCUT2D eigenvalue weighted by atomic mass is 32.2. The molecular formula is C15H17N3O2S. The minimum Gasteiger partial charge on any atom is -0.388 e.